The molecule has 1 aliphatic heterocycles. The molecule has 2 saturated carbocycles. The molecule has 1 saturated heterocycles. The largest absolute Gasteiger partial charge is 0.364 e. The Hall–Kier alpha value is -0.940. The molecule has 3 fully saturated rings. The summed E-state index contributed by atoms with van der Waals surface area (Å²) >= 11 is 3.35. The van der Waals surface area contributed by atoms with Crippen molar-refractivity contribution in [3.8, 4) is 0 Å². The number of hydrogen-bond donors (Lipinski definition) is 1. The van der Waals surface area contributed by atoms with Gasteiger partial charge in [0.15, 0.2) is 5.60 Å². The number of aromatic nitrogens is 1. The van der Waals surface area contributed by atoms with E-state index in [1.54, 1.807) is 6.20 Å². The van der Waals surface area contributed by atoms with Gasteiger partial charge >= 0.3 is 0 Å². The molecule has 0 spiro atoms. The number of rotatable bonds is 2. The Bertz CT molecular complexity index is 619. The van der Waals surface area contributed by atoms with Crippen molar-refractivity contribution in [3.63, 3.8) is 0 Å². The van der Waals surface area contributed by atoms with Crippen LogP contribution in [0.25, 0.3) is 0 Å². The molecule has 3 aliphatic rings. The van der Waals surface area contributed by atoms with E-state index in [0.29, 0.717) is 18.3 Å². The normalized spacial score (nSPS) is 43.3. The zero-order chi connectivity index (χ0) is 14.9. The lowest BCUT2D eigenvalue weighted by Gasteiger charge is -2.39. The van der Waals surface area contributed by atoms with Crippen LogP contribution in [-0.4, -0.2) is 23.1 Å². The summed E-state index contributed by atoms with van der Waals surface area (Å²) in [6, 6.07) is 3.69. The number of amides is 1. The van der Waals surface area contributed by atoms with Crippen LogP contribution in [0.2, 0.25) is 0 Å². The number of nitrogens with zero attached hydrogens (tertiary/aromatic N) is 1. The second kappa shape index (κ2) is 4.07. The highest BCUT2D eigenvalue weighted by atomic mass is 79.9. The number of pyridine rings is 1. The van der Waals surface area contributed by atoms with Crippen LogP contribution < -0.4 is 5.32 Å². The quantitative estimate of drug-likeness (QED) is 0.889. The zero-order valence-corrected chi connectivity index (χ0v) is 13.9. The molecule has 4 atom stereocenters. The van der Waals surface area contributed by atoms with Crippen LogP contribution in [0.1, 0.15) is 33.1 Å². The van der Waals surface area contributed by atoms with Gasteiger partial charge in [-0.1, -0.05) is 13.8 Å². The molecule has 0 radical (unpaired) electrons. The van der Waals surface area contributed by atoms with Gasteiger partial charge in [-0.2, -0.15) is 0 Å². The SMILES string of the molecule is CC12COC3(C(=O)Nc4ccc(Br)cn4)CC1CCC32C. The first-order valence-corrected chi connectivity index (χ1v) is 8.28. The van der Waals surface area contributed by atoms with Gasteiger partial charge in [0.05, 0.1) is 6.61 Å². The molecule has 1 amide bonds. The third kappa shape index (κ3) is 1.49. The molecule has 0 aromatic carbocycles. The van der Waals surface area contributed by atoms with E-state index < -0.39 is 5.60 Å². The lowest BCUT2D eigenvalue weighted by Crippen LogP contribution is -2.52. The fraction of sp³-hybridized carbons (Fsp3) is 0.625. The minimum Gasteiger partial charge on any atom is -0.364 e. The number of carbonyl (C=O) groups excluding carboxylic acids is 1. The topological polar surface area (TPSA) is 51.2 Å². The van der Waals surface area contributed by atoms with Gasteiger partial charge in [-0.25, -0.2) is 4.98 Å². The molecule has 1 aromatic rings. The van der Waals surface area contributed by atoms with Gasteiger partial charge < -0.3 is 10.1 Å². The van der Waals surface area contributed by atoms with Crippen molar-refractivity contribution in [2.24, 2.45) is 16.7 Å². The predicted octanol–water partition coefficient (Wildman–Crippen LogP) is 3.38. The summed E-state index contributed by atoms with van der Waals surface area (Å²) in [5.41, 5.74) is -0.568. The first-order chi connectivity index (χ1) is 9.91. The molecular formula is C16H19BrN2O2. The monoisotopic (exact) mass is 350 g/mol. The Morgan fingerprint density at radius 3 is 2.90 bits per heavy atom. The molecule has 4 rings (SSSR count). The minimum absolute atomic E-state index is 0.0225. The summed E-state index contributed by atoms with van der Waals surface area (Å²) < 4.78 is 6.99. The van der Waals surface area contributed by atoms with Crippen LogP contribution in [0.3, 0.4) is 0 Å². The maximum absolute atomic E-state index is 12.9. The number of anilines is 1. The second-order valence-corrected chi connectivity index (χ2v) is 8.04. The van der Waals surface area contributed by atoms with E-state index in [1.807, 2.05) is 12.1 Å². The predicted molar refractivity (Wildman–Crippen MR) is 82.8 cm³/mol. The lowest BCUT2D eigenvalue weighted by molar-refractivity contribution is -0.149. The molecule has 2 aliphatic carbocycles. The summed E-state index contributed by atoms with van der Waals surface area (Å²) in [5.74, 6) is 1.17. The van der Waals surface area contributed by atoms with Gasteiger partial charge in [0, 0.05) is 21.5 Å². The molecular weight excluding hydrogens is 332 g/mol. The van der Waals surface area contributed by atoms with E-state index in [4.69, 9.17) is 4.74 Å². The molecule has 4 bridgehead atoms. The third-order valence-corrected chi connectivity index (χ3v) is 7.00. The van der Waals surface area contributed by atoms with Gasteiger partial charge in [0.1, 0.15) is 5.82 Å². The Morgan fingerprint density at radius 2 is 2.29 bits per heavy atom. The zero-order valence-electron chi connectivity index (χ0n) is 12.3. The highest BCUT2D eigenvalue weighted by Gasteiger charge is 2.78. The number of nitrogens with one attached hydrogen (secondary N) is 1. The second-order valence-electron chi connectivity index (χ2n) is 7.12. The third-order valence-electron chi connectivity index (χ3n) is 6.53. The van der Waals surface area contributed by atoms with Crippen molar-refractivity contribution in [2.45, 2.75) is 38.7 Å². The average Bonchev–Trinajstić information content (AvgIpc) is 2.93. The molecule has 112 valence electrons. The van der Waals surface area contributed by atoms with Crippen molar-refractivity contribution >= 4 is 27.7 Å². The van der Waals surface area contributed by atoms with Gasteiger partial charge in [-0.05, 0) is 53.2 Å². The van der Waals surface area contributed by atoms with E-state index in [-0.39, 0.29) is 16.7 Å². The van der Waals surface area contributed by atoms with Crippen molar-refractivity contribution in [1.29, 1.82) is 0 Å². The van der Waals surface area contributed by atoms with E-state index in [9.17, 15) is 4.79 Å². The molecule has 2 heterocycles. The van der Waals surface area contributed by atoms with E-state index in [1.165, 1.54) is 6.42 Å². The van der Waals surface area contributed by atoms with E-state index >= 15 is 0 Å². The minimum atomic E-state index is -0.667. The Labute approximate surface area is 132 Å². The standard InChI is InChI=1S/C16H19BrN2O2/c1-14-9-21-16(7-10(14)5-6-15(14,16)2)13(20)19-12-4-3-11(17)8-18-12/h3-4,8,10H,5-7,9H2,1-2H3,(H,18,19,20). The molecule has 4 nitrogen and oxygen atoms in total. The molecule has 4 unspecified atom stereocenters. The lowest BCUT2D eigenvalue weighted by atomic mass is 9.66. The average molecular weight is 351 g/mol. The highest BCUT2D eigenvalue weighted by Crippen LogP contribution is 2.75. The fourth-order valence-electron chi connectivity index (χ4n) is 4.92. The van der Waals surface area contributed by atoms with Gasteiger partial charge in [-0.15, -0.1) is 0 Å². The van der Waals surface area contributed by atoms with Crippen LogP contribution in [0.15, 0.2) is 22.8 Å². The van der Waals surface area contributed by atoms with Crippen molar-refractivity contribution < 1.29 is 9.53 Å². The summed E-state index contributed by atoms with van der Waals surface area (Å²) in [6.45, 7) is 5.24. The summed E-state index contributed by atoms with van der Waals surface area (Å²) in [6.07, 6.45) is 4.84. The molecule has 1 N–H and O–H groups in total. The van der Waals surface area contributed by atoms with Gasteiger partial charge in [0.25, 0.3) is 5.91 Å². The number of halogens is 1. The van der Waals surface area contributed by atoms with Crippen molar-refractivity contribution in [1.82, 2.24) is 4.98 Å². The molecule has 1 aromatic heterocycles. The Kier molecular flexibility index (Phi) is 2.66. The summed E-state index contributed by atoms with van der Waals surface area (Å²) in [4.78, 5) is 17.2. The van der Waals surface area contributed by atoms with E-state index in [0.717, 1.165) is 17.3 Å². The van der Waals surface area contributed by atoms with Crippen LogP contribution in [0, 0.1) is 16.7 Å². The van der Waals surface area contributed by atoms with Gasteiger partial charge in [-0.3, -0.25) is 4.79 Å². The van der Waals surface area contributed by atoms with Crippen LogP contribution >= 0.6 is 15.9 Å². The number of ether oxygens (including phenoxy) is 1. The Morgan fingerprint density at radius 1 is 1.48 bits per heavy atom. The maximum atomic E-state index is 12.9. The molecule has 21 heavy (non-hydrogen) atoms. The summed E-state index contributed by atoms with van der Waals surface area (Å²) in [7, 11) is 0. The number of hydrogen-bond acceptors (Lipinski definition) is 3. The first-order valence-electron chi connectivity index (χ1n) is 7.48. The molecule has 5 heteroatoms. The maximum Gasteiger partial charge on any atom is 0.258 e. The summed E-state index contributed by atoms with van der Waals surface area (Å²) in [5, 5.41) is 2.96. The van der Waals surface area contributed by atoms with E-state index in [2.05, 4.69) is 40.1 Å². The van der Waals surface area contributed by atoms with Crippen LogP contribution in [-0.2, 0) is 9.53 Å². The fourth-order valence-corrected chi connectivity index (χ4v) is 5.16. The smallest absolute Gasteiger partial charge is 0.258 e. The highest BCUT2D eigenvalue weighted by molar-refractivity contribution is 9.10. The Balaban J connectivity index is 1.65. The first kappa shape index (κ1) is 13.7. The van der Waals surface area contributed by atoms with Crippen LogP contribution in [0.4, 0.5) is 5.82 Å². The van der Waals surface area contributed by atoms with Crippen molar-refractivity contribution in [3.05, 3.63) is 22.8 Å². The van der Waals surface area contributed by atoms with Crippen molar-refractivity contribution in [2.75, 3.05) is 11.9 Å². The number of carbonyl (C=O) groups is 1. The van der Waals surface area contributed by atoms with Gasteiger partial charge in [0.2, 0.25) is 0 Å². The van der Waals surface area contributed by atoms with Crippen LogP contribution in [0.5, 0.6) is 0 Å².